The van der Waals surface area contributed by atoms with Crippen LogP contribution in [0.4, 0.5) is 5.69 Å². The van der Waals surface area contributed by atoms with Crippen molar-refractivity contribution in [1.29, 1.82) is 0 Å². The summed E-state index contributed by atoms with van der Waals surface area (Å²) in [6, 6.07) is 7.96. The lowest BCUT2D eigenvalue weighted by molar-refractivity contribution is 0.588. The number of nitrogens with one attached hydrogen (secondary N) is 2. The van der Waals surface area contributed by atoms with E-state index in [9.17, 15) is 0 Å². The molecule has 0 radical (unpaired) electrons. The zero-order chi connectivity index (χ0) is 13.1. The Balaban J connectivity index is 1.82. The molecule has 1 saturated heterocycles. The first-order valence-corrected chi connectivity index (χ1v) is 6.94. The molecule has 0 saturated carbocycles. The van der Waals surface area contributed by atoms with Crippen molar-refractivity contribution in [2.75, 3.05) is 31.1 Å². The monoisotopic (exact) mass is 276 g/mol. The lowest BCUT2D eigenvalue weighted by atomic mass is 10.1. The molecule has 4 nitrogen and oxygen atoms in total. The van der Waals surface area contributed by atoms with Crippen LogP contribution in [0.2, 0.25) is 5.02 Å². The van der Waals surface area contributed by atoms with Crippen LogP contribution in [-0.2, 0) is 6.42 Å². The molecule has 0 unspecified atom stereocenters. The number of nitrogens with zero attached hydrogens (tertiary/aromatic N) is 2. The van der Waals surface area contributed by atoms with Crippen LogP contribution in [0.5, 0.6) is 0 Å². The second-order valence-electron chi connectivity index (χ2n) is 4.74. The third kappa shape index (κ3) is 2.74. The summed E-state index contributed by atoms with van der Waals surface area (Å²) in [6.45, 7) is 4.09. The average molecular weight is 277 g/mol. The second-order valence-corrected chi connectivity index (χ2v) is 5.15. The minimum absolute atomic E-state index is 0.791. The number of H-pyrrole nitrogens is 1. The van der Waals surface area contributed by atoms with Gasteiger partial charge in [0.1, 0.15) is 0 Å². The molecule has 100 valence electrons. The predicted octanol–water partition coefficient (Wildman–Crippen LogP) is 2.06. The van der Waals surface area contributed by atoms with Gasteiger partial charge in [-0.15, -0.1) is 0 Å². The Hall–Kier alpha value is -1.52. The van der Waals surface area contributed by atoms with Crippen molar-refractivity contribution in [2.45, 2.75) is 6.42 Å². The fourth-order valence-corrected chi connectivity index (χ4v) is 2.65. The van der Waals surface area contributed by atoms with E-state index in [0.29, 0.717) is 0 Å². The molecule has 0 amide bonds. The maximum absolute atomic E-state index is 6.22. The first-order valence-electron chi connectivity index (χ1n) is 6.56. The largest absolute Gasteiger partial charge is 0.366 e. The summed E-state index contributed by atoms with van der Waals surface area (Å²) in [5, 5.41) is 11.5. The molecule has 5 heteroatoms. The Morgan fingerprint density at radius 1 is 1.21 bits per heavy atom. The SMILES string of the molecule is Clc1ccccc1Cc1[nH]ncc1N1CCNCC1. The molecule has 2 heterocycles. The van der Waals surface area contributed by atoms with E-state index in [1.54, 1.807) is 0 Å². The molecule has 0 spiro atoms. The number of hydrogen-bond acceptors (Lipinski definition) is 3. The number of rotatable bonds is 3. The van der Waals surface area contributed by atoms with Gasteiger partial charge in [0.2, 0.25) is 0 Å². The zero-order valence-corrected chi connectivity index (χ0v) is 11.5. The van der Waals surface area contributed by atoms with Crippen molar-refractivity contribution in [3.8, 4) is 0 Å². The van der Waals surface area contributed by atoms with Gasteiger partial charge < -0.3 is 10.2 Å². The van der Waals surface area contributed by atoms with E-state index in [2.05, 4.69) is 26.5 Å². The van der Waals surface area contributed by atoms with E-state index < -0.39 is 0 Å². The summed E-state index contributed by atoms with van der Waals surface area (Å²) in [7, 11) is 0. The number of benzene rings is 1. The van der Waals surface area contributed by atoms with Crippen LogP contribution in [0.3, 0.4) is 0 Å². The normalized spacial score (nSPS) is 15.7. The molecule has 0 aliphatic carbocycles. The number of aromatic nitrogens is 2. The van der Waals surface area contributed by atoms with Crippen molar-refractivity contribution >= 4 is 17.3 Å². The second kappa shape index (κ2) is 5.63. The van der Waals surface area contributed by atoms with Gasteiger partial charge >= 0.3 is 0 Å². The van der Waals surface area contributed by atoms with Crippen molar-refractivity contribution in [2.24, 2.45) is 0 Å². The molecule has 19 heavy (non-hydrogen) atoms. The van der Waals surface area contributed by atoms with Crippen LogP contribution >= 0.6 is 11.6 Å². The van der Waals surface area contributed by atoms with E-state index in [1.807, 2.05) is 24.4 Å². The van der Waals surface area contributed by atoms with E-state index >= 15 is 0 Å². The highest BCUT2D eigenvalue weighted by Gasteiger charge is 2.16. The summed E-state index contributed by atoms with van der Waals surface area (Å²) in [6.07, 6.45) is 2.70. The van der Waals surface area contributed by atoms with Gasteiger partial charge in [0.15, 0.2) is 0 Å². The maximum Gasteiger partial charge on any atom is 0.0786 e. The Kier molecular flexibility index (Phi) is 3.71. The third-order valence-corrected chi connectivity index (χ3v) is 3.85. The zero-order valence-electron chi connectivity index (χ0n) is 10.7. The van der Waals surface area contributed by atoms with E-state index in [-0.39, 0.29) is 0 Å². The summed E-state index contributed by atoms with van der Waals surface area (Å²) in [4.78, 5) is 2.37. The van der Waals surface area contributed by atoms with E-state index in [0.717, 1.165) is 48.9 Å². The van der Waals surface area contributed by atoms with Gasteiger partial charge in [-0.05, 0) is 11.6 Å². The number of halogens is 1. The molecule has 3 rings (SSSR count). The molecule has 1 aromatic carbocycles. The Bertz CT molecular complexity index is 546. The summed E-state index contributed by atoms with van der Waals surface area (Å²) in [5.41, 5.74) is 3.46. The molecule has 0 atom stereocenters. The minimum atomic E-state index is 0.791. The predicted molar refractivity (Wildman–Crippen MR) is 77.9 cm³/mol. The van der Waals surface area contributed by atoms with Crippen LogP contribution in [0.1, 0.15) is 11.3 Å². The minimum Gasteiger partial charge on any atom is -0.366 e. The lowest BCUT2D eigenvalue weighted by Crippen LogP contribution is -2.43. The van der Waals surface area contributed by atoms with E-state index in [4.69, 9.17) is 11.6 Å². The molecule has 1 aliphatic rings. The van der Waals surface area contributed by atoms with Gasteiger partial charge in [-0.1, -0.05) is 29.8 Å². The molecule has 0 bridgehead atoms. The average Bonchev–Trinajstić information content (AvgIpc) is 2.91. The summed E-state index contributed by atoms with van der Waals surface area (Å²) < 4.78 is 0. The van der Waals surface area contributed by atoms with Crippen molar-refractivity contribution in [3.05, 3.63) is 46.7 Å². The Morgan fingerprint density at radius 2 is 2.00 bits per heavy atom. The van der Waals surface area contributed by atoms with Crippen molar-refractivity contribution < 1.29 is 0 Å². The molecule has 1 aromatic heterocycles. The van der Waals surface area contributed by atoms with Gasteiger partial charge in [0.25, 0.3) is 0 Å². The number of anilines is 1. The van der Waals surface area contributed by atoms with Crippen LogP contribution in [0, 0.1) is 0 Å². The highest BCUT2D eigenvalue weighted by molar-refractivity contribution is 6.31. The first-order chi connectivity index (χ1) is 9.34. The smallest absolute Gasteiger partial charge is 0.0786 e. The molecular weight excluding hydrogens is 260 g/mol. The third-order valence-electron chi connectivity index (χ3n) is 3.48. The van der Waals surface area contributed by atoms with Crippen molar-refractivity contribution in [3.63, 3.8) is 0 Å². The molecule has 1 aliphatic heterocycles. The standard InChI is InChI=1S/C14H17ClN4/c15-12-4-2-1-3-11(12)9-13-14(10-17-18-13)19-7-5-16-6-8-19/h1-4,10,16H,5-9H2,(H,17,18). The van der Waals surface area contributed by atoms with Crippen LogP contribution < -0.4 is 10.2 Å². The quantitative estimate of drug-likeness (QED) is 0.902. The van der Waals surface area contributed by atoms with Gasteiger partial charge in [0, 0.05) is 37.6 Å². The molecule has 2 N–H and O–H groups in total. The summed E-state index contributed by atoms with van der Waals surface area (Å²) >= 11 is 6.22. The Labute approximate surface area is 117 Å². The van der Waals surface area contributed by atoms with E-state index in [1.165, 1.54) is 5.69 Å². The number of aromatic amines is 1. The highest BCUT2D eigenvalue weighted by Crippen LogP contribution is 2.24. The lowest BCUT2D eigenvalue weighted by Gasteiger charge is -2.29. The topological polar surface area (TPSA) is 44.0 Å². The van der Waals surface area contributed by atoms with Gasteiger partial charge in [0.05, 0.1) is 17.6 Å². The molecule has 1 fully saturated rings. The maximum atomic E-state index is 6.22. The first kappa shape index (κ1) is 12.5. The van der Waals surface area contributed by atoms with Crippen LogP contribution in [0.25, 0.3) is 0 Å². The molecule has 2 aromatic rings. The van der Waals surface area contributed by atoms with Crippen LogP contribution in [-0.4, -0.2) is 36.4 Å². The van der Waals surface area contributed by atoms with Crippen molar-refractivity contribution in [1.82, 2.24) is 15.5 Å². The fourth-order valence-electron chi connectivity index (χ4n) is 2.45. The molecular formula is C14H17ClN4. The van der Waals surface area contributed by atoms with Gasteiger partial charge in [-0.2, -0.15) is 5.10 Å². The Morgan fingerprint density at radius 3 is 2.79 bits per heavy atom. The highest BCUT2D eigenvalue weighted by atomic mass is 35.5. The summed E-state index contributed by atoms with van der Waals surface area (Å²) in [5.74, 6) is 0. The number of piperazine rings is 1. The van der Waals surface area contributed by atoms with Gasteiger partial charge in [-0.3, -0.25) is 5.10 Å². The van der Waals surface area contributed by atoms with Gasteiger partial charge in [-0.25, -0.2) is 0 Å². The van der Waals surface area contributed by atoms with Crippen LogP contribution in [0.15, 0.2) is 30.5 Å². The number of hydrogen-bond donors (Lipinski definition) is 2. The fraction of sp³-hybridized carbons (Fsp3) is 0.357.